The minimum atomic E-state index is -0.512. The average Bonchev–Trinajstić information content (AvgIpc) is 2.52. The number of hydrogen-bond donors (Lipinski definition) is 0. The van der Waals surface area contributed by atoms with Crippen LogP contribution in [0, 0.1) is 20.8 Å². The Balaban J connectivity index is 1.85. The highest BCUT2D eigenvalue weighted by Gasteiger charge is 2.27. The number of ether oxygens (including phenoxy) is 2. The topological polar surface area (TPSA) is 59.1 Å². The molecular formula is C20H30N2O4. The quantitative estimate of drug-likeness (QED) is 0.829. The summed E-state index contributed by atoms with van der Waals surface area (Å²) in [6.07, 6.45) is -0.327. The van der Waals surface area contributed by atoms with Crippen LogP contribution < -0.4 is 4.74 Å². The van der Waals surface area contributed by atoms with Gasteiger partial charge in [-0.1, -0.05) is 17.7 Å². The van der Waals surface area contributed by atoms with Gasteiger partial charge < -0.3 is 19.3 Å². The summed E-state index contributed by atoms with van der Waals surface area (Å²) in [6, 6.07) is 4.10. The molecule has 6 nitrogen and oxygen atoms in total. The molecule has 6 heteroatoms. The van der Waals surface area contributed by atoms with E-state index in [0.29, 0.717) is 26.2 Å². The number of carbonyl (C=O) groups excluding carboxylic acids is 2. The Hall–Kier alpha value is -2.24. The van der Waals surface area contributed by atoms with Crippen molar-refractivity contribution in [1.29, 1.82) is 0 Å². The SMILES string of the molecule is Cc1cc(C)c(OCC(=O)N2CCN(C(=O)OC(C)(C)C)CC2)c(C)c1. The maximum atomic E-state index is 12.4. The Morgan fingerprint density at radius 2 is 1.46 bits per heavy atom. The maximum absolute atomic E-state index is 12.4. The number of piperazine rings is 1. The van der Waals surface area contributed by atoms with Crippen molar-refractivity contribution in [3.63, 3.8) is 0 Å². The predicted molar refractivity (Wildman–Crippen MR) is 101 cm³/mol. The fourth-order valence-electron chi connectivity index (χ4n) is 3.08. The van der Waals surface area contributed by atoms with Crippen molar-refractivity contribution >= 4 is 12.0 Å². The van der Waals surface area contributed by atoms with Gasteiger partial charge in [0, 0.05) is 26.2 Å². The molecule has 1 heterocycles. The van der Waals surface area contributed by atoms with Gasteiger partial charge in [0.25, 0.3) is 5.91 Å². The predicted octanol–water partition coefficient (Wildman–Crippen LogP) is 3.07. The second-order valence-electron chi connectivity index (χ2n) is 7.86. The van der Waals surface area contributed by atoms with Gasteiger partial charge in [-0.05, 0) is 52.7 Å². The number of amides is 2. The lowest BCUT2D eigenvalue weighted by molar-refractivity contribution is -0.135. The number of hydrogen-bond acceptors (Lipinski definition) is 4. The summed E-state index contributed by atoms with van der Waals surface area (Å²) >= 11 is 0. The fourth-order valence-corrected chi connectivity index (χ4v) is 3.08. The van der Waals surface area contributed by atoms with E-state index in [1.165, 1.54) is 5.56 Å². The molecule has 1 aromatic carbocycles. The van der Waals surface area contributed by atoms with Crippen molar-refractivity contribution < 1.29 is 19.1 Å². The van der Waals surface area contributed by atoms with Crippen LogP contribution in [-0.2, 0) is 9.53 Å². The van der Waals surface area contributed by atoms with Crippen molar-refractivity contribution in [2.75, 3.05) is 32.8 Å². The highest BCUT2D eigenvalue weighted by Crippen LogP contribution is 2.24. The first-order valence-corrected chi connectivity index (χ1v) is 9.03. The lowest BCUT2D eigenvalue weighted by Crippen LogP contribution is -2.52. The lowest BCUT2D eigenvalue weighted by Gasteiger charge is -2.35. The minimum absolute atomic E-state index is 0.0111. The van der Waals surface area contributed by atoms with Gasteiger partial charge in [-0.2, -0.15) is 0 Å². The van der Waals surface area contributed by atoms with E-state index < -0.39 is 5.60 Å². The number of nitrogens with zero attached hydrogens (tertiary/aromatic N) is 2. The molecule has 1 aliphatic heterocycles. The van der Waals surface area contributed by atoms with E-state index in [0.717, 1.165) is 16.9 Å². The zero-order chi connectivity index (χ0) is 19.5. The molecule has 26 heavy (non-hydrogen) atoms. The Kier molecular flexibility index (Phi) is 6.16. The number of aryl methyl sites for hydroxylation is 3. The molecule has 0 saturated carbocycles. The van der Waals surface area contributed by atoms with E-state index in [4.69, 9.17) is 9.47 Å². The monoisotopic (exact) mass is 362 g/mol. The van der Waals surface area contributed by atoms with Crippen LogP contribution in [-0.4, -0.2) is 60.2 Å². The number of carbonyl (C=O) groups is 2. The van der Waals surface area contributed by atoms with Crippen molar-refractivity contribution in [3.05, 3.63) is 28.8 Å². The molecule has 0 aliphatic carbocycles. The summed E-state index contributed by atoms with van der Waals surface area (Å²) < 4.78 is 11.2. The van der Waals surface area contributed by atoms with Gasteiger partial charge in [-0.3, -0.25) is 4.79 Å². The van der Waals surface area contributed by atoms with Crippen molar-refractivity contribution in [2.45, 2.75) is 47.1 Å². The number of benzene rings is 1. The molecule has 0 unspecified atom stereocenters. The van der Waals surface area contributed by atoms with E-state index in [1.54, 1.807) is 9.80 Å². The average molecular weight is 362 g/mol. The molecule has 2 rings (SSSR count). The minimum Gasteiger partial charge on any atom is -0.483 e. The maximum Gasteiger partial charge on any atom is 0.410 e. The highest BCUT2D eigenvalue weighted by atomic mass is 16.6. The molecular weight excluding hydrogens is 332 g/mol. The Labute approximate surface area is 156 Å². The molecule has 0 spiro atoms. The third-order valence-electron chi connectivity index (χ3n) is 4.23. The van der Waals surface area contributed by atoms with Crippen molar-refractivity contribution in [3.8, 4) is 5.75 Å². The summed E-state index contributed by atoms with van der Waals surface area (Å²) in [7, 11) is 0. The van der Waals surface area contributed by atoms with Gasteiger partial charge in [-0.15, -0.1) is 0 Å². The smallest absolute Gasteiger partial charge is 0.410 e. The summed E-state index contributed by atoms with van der Waals surface area (Å²) in [5.74, 6) is 0.713. The Morgan fingerprint density at radius 1 is 0.962 bits per heavy atom. The Bertz CT molecular complexity index is 648. The van der Waals surface area contributed by atoms with E-state index in [9.17, 15) is 9.59 Å². The summed E-state index contributed by atoms with van der Waals surface area (Å²) in [5, 5.41) is 0. The van der Waals surface area contributed by atoms with E-state index >= 15 is 0 Å². The van der Waals surface area contributed by atoms with Gasteiger partial charge in [0.15, 0.2) is 6.61 Å². The second-order valence-corrected chi connectivity index (χ2v) is 7.86. The molecule has 0 bridgehead atoms. The zero-order valence-electron chi connectivity index (χ0n) is 16.7. The van der Waals surface area contributed by atoms with Crippen molar-refractivity contribution in [2.24, 2.45) is 0 Å². The van der Waals surface area contributed by atoms with Gasteiger partial charge in [0.1, 0.15) is 11.4 Å². The van der Waals surface area contributed by atoms with Crippen LogP contribution in [0.3, 0.4) is 0 Å². The first-order chi connectivity index (χ1) is 12.1. The second kappa shape index (κ2) is 7.98. The Morgan fingerprint density at radius 3 is 1.96 bits per heavy atom. The van der Waals surface area contributed by atoms with E-state index in [1.807, 2.05) is 53.7 Å². The molecule has 0 N–H and O–H groups in total. The molecule has 1 aliphatic rings. The standard InChI is InChI=1S/C20H30N2O4/c1-14-11-15(2)18(16(3)12-14)25-13-17(23)21-7-9-22(10-8-21)19(24)26-20(4,5)6/h11-12H,7-10,13H2,1-6H3. The molecule has 1 fully saturated rings. The van der Waals surface area contributed by atoms with Gasteiger partial charge in [0.05, 0.1) is 0 Å². The third kappa shape index (κ3) is 5.38. The summed E-state index contributed by atoms with van der Waals surface area (Å²) in [4.78, 5) is 27.9. The van der Waals surface area contributed by atoms with Crippen LogP contribution in [0.1, 0.15) is 37.5 Å². The fraction of sp³-hybridized carbons (Fsp3) is 0.600. The van der Waals surface area contributed by atoms with Crippen LogP contribution in [0.2, 0.25) is 0 Å². The molecule has 1 aromatic rings. The normalized spacial score (nSPS) is 15.0. The largest absolute Gasteiger partial charge is 0.483 e. The first-order valence-electron chi connectivity index (χ1n) is 9.03. The van der Waals surface area contributed by atoms with Crippen LogP contribution in [0.4, 0.5) is 4.79 Å². The van der Waals surface area contributed by atoms with Gasteiger partial charge in [0.2, 0.25) is 0 Å². The van der Waals surface area contributed by atoms with E-state index in [-0.39, 0.29) is 18.6 Å². The van der Waals surface area contributed by atoms with Crippen LogP contribution >= 0.6 is 0 Å². The molecule has 144 valence electrons. The summed E-state index contributed by atoms with van der Waals surface area (Å²) in [6.45, 7) is 13.5. The zero-order valence-corrected chi connectivity index (χ0v) is 16.7. The third-order valence-corrected chi connectivity index (χ3v) is 4.23. The molecule has 1 saturated heterocycles. The highest BCUT2D eigenvalue weighted by molar-refractivity contribution is 5.78. The van der Waals surface area contributed by atoms with Gasteiger partial charge >= 0.3 is 6.09 Å². The molecule has 0 radical (unpaired) electrons. The van der Waals surface area contributed by atoms with Crippen molar-refractivity contribution in [1.82, 2.24) is 9.80 Å². The van der Waals surface area contributed by atoms with Crippen LogP contribution in [0.5, 0.6) is 5.75 Å². The molecule has 2 amide bonds. The molecule has 0 aromatic heterocycles. The first kappa shape index (κ1) is 20.1. The van der Waals surface area contributed by atoms with Gasteiger partial charge in [-0.25, -0.2) is 4.79 Å². The summed E-state index contributed by atoms with van der Waals surface area (Å²) in [5.41, 5.74) is 2.73. The van der Waals surface area contributed by atoms with Crippen LogP contribution in [0.15, 0.2) is 12.1 Å². The van der Waals surface area contributed by atoms with E-state index in [2.05, 4.69) is 0 Å². The lowest BCUT2D eigenvalue weighted by atomic mass is 10.1. The molecule has 0 atom stereocenters. The number of rotatable bonds is 3. The van der Waals surface area contributed by atoms with Crippen LogP contribution in [0.25, 0.3) is 0 Å².